The van der Waals surface area contributed by atoms with Crippen molar-refractivity contribution in [2.24, 2.45) is 0 Å². The number of imide groups is 1. The predicted molar refractivity (Wildman–Crippen MR) is 142 cm³/mol. The van der Waals surface area contributed by atoms with Gasteiger partial charge in [0, 0.05) is 7.05 Å². The summed E-state index contributed by atoms with van der Waals surface area (Å²) >= 11 is 0. The number of carbonyl (C=O) groups excluding carboxylic acids is 4. The lowest BCUT2D eigenvalue weighted by Gasteiger charge is -2.28. The fourth-order valence-electron chi connectivity index (χ4n) is 4.17. The second-order valence-electron chi connectivity index (χ2n) is 10.5. The molecule has 0 saturated carbocycles. The number of hydrogen-bond donors (Lipinski definition) is 1. The minimum Gasteiger partial charge on any atom is -0.460 e. The smallest absolute Gasteiger partial charge is 0.331 e. The largest absolute Gasteiger partial charge is 0.460 e. The van der Waals surface area contributed by atoms with Crippen LogP contribution in [0.5, 0.6) is 0 Å². The summed E-state index contributed by atoms with van der Waals surface area (Å²) in [6.45, 7) is 6.87. The number of carbonyl (C=O) groups is 4. The maximum atomic E-state index is 13.4. The zero-order valence-corrected chi connectivity index (χ0v) is 22.7. The Morgan fingerprint density at radius 1 is 1.00 bits per heavy atom. The Morgan fingerprint density at radius 2 is 1.58 bits per heavy atom. The van der Waals surface area contributed by atoms with Crippen molar-refractivity contribution in [2.45, 2.75) is 70.9 Å². The summed E-state index contributed by atoms with van der Waals surface area (Å²) < 4.78 is 11.0. The van der Waals surface area contributed by atoms with Crippen LogP contribution in [0, 0.1) is 0 Å². The molecule has 2 aromatic rings. The average Bonchev–Trinajstić information content (AvgIpc) is 3.18. The first-order valence-corrected chi connectivity index (χ1v) is 12.8. The normalized spacial score (nSPS) is 17.2. The van der Waals surface area contributed by atoms with Gasteiger partial charge in [0.15, 0.2) is 6.04 Å². The van der Waals surface area contributed by atoms with Gasteiger partial charge in [-0.15, -0.1) is 0 Å². The summed E-state index contributed by atoms with van der Waals surface area (Å²) in [5, 5.41) is 3.05. The summed E-state index contributed by atoms with van der Waals surface area (Å²) in [7, 11) is 1.52. The molecule has 1 heterocycles. The minimum atomic E-state index is -1.07. The van der Waals surface area contributed by atoms with Gasteiger partial charge in [0.2, 0.25) is 5.91 Å². The molecule has 0 unspecified atom stereocenters. The molecule has 9 nitrogen and oxygen atoms in total. The molecule has 0 spiro atoms. The van der Waals surface area contributed by atoms with Crippen molar-refractivity contribution < 1.29 is 28.7 Å². The van der Waals surface area contributed by atoms with Gasteiger partial charge in [-0.05, 0) is 51.7 Å². The van der Waals surface area contributed by atoms with Crippen molar-refractivity contribution >= 4 is 23.9 Å². The summed E-state index contributed by atoms with van der Waals surface area (Å²) in [5.41, 5.74) is 1.11. The van der Waals surface area contributed by atoms with Crippen LogP contribution in [0.4, 0.5) is 4.79 Å². The fraction of sp³-hybridized carbons (Fsp3) is 0.448. The molecule has 204 valence electrons. The Hall–Kier alpha value is -3.72. The number of likely N-dealkylation sites (N-methyl/N-ethyl adjacent to an activating group) is 1. The highest BCUT2D eigenvalue weighted by atomic mass is 16.6. The quantitative estimate of drug-likeness (QED) is 0.477. The van der Waals surface area contributed by atoms with E-state index < -0.39 is 47.6 Å². The van der Waals surface area contributed by atoms with Crippen LogP contribution in [0.1, 0.15) is 45.2 Å². The number of esters is 2. The molecule has 0 radical (unpaired) electrons. The van der Waals surface area contributed by atoms with Crippen LogP contribution in [0.3, 0.4) is 0 Å². The monoisotopic (exact) mass is 523 g/mol. The lowest BCUT2D eigenvalue weighted by molar-refractivity contribution is -0.162. The van der Waals surface area contributed by atoms with Crippen LogP contribution in [0.25, 0.3) is 0 Å². The molecule has 1 saturated heterocycles. The third kappa shape index (κ3) is 7.89. The van der Waals surface area contributed by atoms with Crippen molar-refractivity contribution in [3.05, 3.63) is 71.8 Å². The Bertz CT molecular complexity index is 1120. The third-order valence-electron chi connectivity index (χ3n) is 6.10. The molecule has 3 rings (SSSR count). The van der Waals surface area contributed by atoms with Crippen LogP contribution in [-0.4, -0.2) is 71.0 Å². The predicted octanol–water partition coefficient (Wildman–Crippen LogP) is 3.31. The fourth-order valence-corrected chi connectivity index (χ4v) is 4.17. The number of aryl methyl sites for hydroxylation is 1. The van der Waals surface area contributed by atoms with E-state index in [1.54, 1.807) is 27.7 Å². The van der Waals surface area contributed by atoms with Crippen LogP contribution in [0.2, 0.25) is 0 Å². The topological polar surface area (TPSA) is 105 Å². The first-order valence-electron chi connectivity index (χ1n) is 12.8. The molecule has 0 bridgehead atoms. The van der Waals surface area contributed by atoms with E-state index in [2.05, 4.69) is 5.32 Å². The van der Waals surface area contributed by atoms with Crippen molar-refractivity contribution in [1.29, 1.82) is 0 Å². The molecular weight excluding hydrogens is 486 g/mol. The zero-order valence-electron chi connectivity index (χ0n) is 22.7. The van der Waals surface area contributed by atoms with Crippen molar-refractivity contribution in [1.82, 2.24) is 15.1 Å². The first kappa shape index (κ1) is 28.8. The number of nitrogens with one attached hydrogen (secondary N) is 1. The van der Waals surface area contributed by atoms with Gasteiger partial charge in [-0.1, -0.05) is 60.7 Å². The second-order valence-corrected chi connectivity index (χ2v) is 10.5. The average molecular weight is 524 g/mol. The molecule has 3 amide bonds. The number of benzene rings is 2. The van der Waals surface area contributed by atoms with E-state index in [4.69, 9.17) is 9.47 Å². The molecule has 1 fully saturated rings. The van der Waals surface area contributed by atoms with Gasteiger partial charge < -0.3 is 14.4 Å². The molecule has 0 aliphatic carbocycles. The maximum Gasteiger partial charge on any atom is 0.331 e. The number of amides is 3. The summed E-state index contributed by atoms with van der Waals surface area (Å²) in [6.07, 6.45) is 0.949. The number of ether oxygens (including phenoxy) is 2. The van der Waals surface area contributed by atoms with E-state index >= 15 is 0 Å². The number of nitrogens with zero attached hydrogens (tertiary/aromatic N) is 2. The van der Waals surface area contributed by atoms with Gasteiger partial charge in [0.25, 0.3) is 0 Å². The molecule has 1 aliphatic heterocycles. The van der Waals surface area contributed by atoms with Crippen LogP contribution in [-0.2, 0) is 36.9 Å². The van der Waals surface area contributed by atoms with Gasteiger partial charge in [-0.25, -0.2) is 14.5 Å². The van der Waals surface area contributed by atoms with Gasteiger partial charge >= 0.3 is 18.0 Å². The van der Waals surface area contributed by atoms with E-state index in [1.165, 1.54) is 11.9 Å². The number of urea groups is 1. The molecule has 1 aliphatic rings. The number of hydrogen-bond acceptors (Lipinski definition) is 7. The lowest BCUT2D eigenvalue weighted by atomic mass is 10.0. The summed E-state index contributed by atoms with van der Waals surface area (Å²) in [5.74, 6) is -1.77. The maximum absolute atomic E-state index is 13.4. The Kier molecular flexibility index (Phi) is 9.63. The highest BCUT2D eigenvalue weighted by Gasteiger charge is 2.46. The van der Waals surface area contributed by atoms with Crippen molar-refractivity contribution in [3.63, 3.8) is 0 Å². The molecule has 0 aromatic heterocycles. The van der Waals surface area contributed by atoms with E-state index in [0.717, 1.165) is 16.0 Å². The standard InChI is InChI=1S/C29H37N3O6/c1-20(25(33)32-24(18-31(5)28(32)36)27(35)38-29(2,3)4)30-23(17-16-21-12-8-6-9-13-21)26(34)37-19-22-14-10-7-11-15-22/h6-15,20,23-24,30H,16-19H2,1-5H3/t20-,23-,24+/m0/s1. The van der Waals surface area contributed by atoms with E-state index in [0.29, 0.717) is 12.8 Å². The zero-order chi connectivity index (χ0) is 27.9. The van der Waals surface area contributed by atoms with Gasteiger partial charge in [-0.3, -0.25) is 14.9 Å². The second kappa shape index (κ2) is 12.7. The minimum absolute atomic E-state index is 0.0305. The molecule has 9 heteroatoms. The van der Waals surface area contributed by atoms with Gasteiger partial charge in [-0.2, -0.15) is 0 Å². The SMILES string of the molecule is C[C@H](N[C@@H](CCc1ccccc1)C(=O)OCc1ccccc1)C(=O)N1C(=O)N(C)C[C@@H]1C(=O)OC(C)(C)C. The van der Waals surface area contributed by atoms with Crippen LogP contribution < -0.4 is 5.32 Å². The van der Waals surface area contributed by atoms with E-state index in [-0.39, 0.29) is 13.2 Å². The van der Waals surface area contributed by atoms with Crippen LogP contribution >= 0.6 is 0 Å². The van der Waals surface area contributed by atoms with Gasteiger partial charge in [0.05, 0.1) is 12.6 Å². The summed E-state index contributed by atoms with van der Waals surface area (Å²) in [6, 6.07) is 15.6. The molecule has 1 N–H and O–H groups in total. The Morgan fingerprint density at radius 3 is 2.16 bits per heavy atom. The molecule has 38 heavy (non-hydrogen) atoms. The Labute approximate surface area is 224 Å². The van der Waals surface area contributed by atoms with E-state index in [9.17, 15) is 19.2 Å². The highest BCUT2D eigenvalue weighted by molar-refractivity contribution is 6.03. The number of rotatable bonds is 10. The highest BCUT2D eigenvalue weighted by Crippen LogP contribution is 2.20. The van der Waals surface area contributed by atoms with E-state index in [1.807, 2.05) is 60.7 Å². The lowest BCUT2D eigenvalue weighted by Crippen LogP contribution is -2.55. The molecule has 3 atom stereocenters. The molecular formula is C29H37N3O6. The third-order valence-corrected chi connectivity index (χ3v) is 6.10. The Balaban J connectivity index is 1.73. The molecule has 2 aromatic carbocycles. The first-order chi connectivity index (χ1) is 18.0. The van der Waals surface area contributed by atoms with Crippen molar-refractivity contribution in [3.8, 4) is 0 Å². The van der Waals surface area contributed by atoms with Gasteiger partial charge in [0.1, 0.15) is 18.2 Å². The van der Waals surface area contributed by atoms with Crippen molar-refractivity contribution in [2.75, 3.05) is 13.6 Å². The summed E-state index contributed by atoms with van der Waals surface area (Å²) in [4.78, 5) is 54.4. The van der Waals surface area contributed by atoms with Crippen LogP contribution in [0.15, 0.2) is 60.7 Å².